The molecule has 8 rings (SSSR count). The largest absolute Gasteiger partial charge is 0.477 e. The molecule has 262 valence electrons. The maximum Gasteiger partial charge on any atom is 0.265 e. The Balaban J connectivity index is 1.10. The number of amides is 1. The molecule has 1 saturated heterocycles. The molecule has 1 amide bonds. The topological polar surface area (TPSA) is 97.2 Å². The van der Waals surface area contributed by atoms with E-state index in [0.717, 1.165) is 60.2 Å². The van der Waals surface area contributed by atoms with Gasteiger partial charge < -0.3 is 15.0 Å². The molecule has 1 aliphatic heterocycles. The lowest BCUT2D eigenvalue weighted by molar-refractivity contribution is 0.0984. The third-order valence-electron chi connectivity index (χ3n) is 11.7. The SMILES string of the molecule is CCCNc1cccc(SNC(=O)c2cc(Cc3ccccc3)c(-n3ccc(OCCC4C5(CC5)C45CC5)n3)nc2N2CC(C)CC2(C)C)n1. The number of pyridine rings is 2. The van der Waals surface area contributed by atoms with E-state index in [1.165, 1.54) is 37.6 Å². The predicted molar refractivity (Wildman–Crippen MR) is 199 cm³/mol. The van der Waals surface area contributed by atoms with Gasteiger partial charge in [0.2, 0.25) is 5.88 Å². The Morgan fingerprint density at radius 1 is 1.00 bits per heavy atom. The molecule has 2 N–H and O–H groups in total. The highest BCUT2D eigenvalue weighted by molar-refractivity contribution is 7.97. The maximum absolute atomic E-state index is 14.2. The number of rotatable bonds is 14. The lowest BCUT2D eigenvalue weighted by atomic mass is 9.97. The number of aromatic nitrogens is 4. The lowest BCUT2D eigenvalue weighted by Crippen LogP contribution is -2.40. The summed E-state index contributed by atoms with van der Waals surface area (Å²) in [6, 6.07) is 20.1. The van der Waals surface area contributed by atoms with Crippen LogP contribution in [0, 0.1) is 22.7 Å². The first-order chi connectivity index (χ1) is 24.2. The molecule has 3 aromatic heterocycles. The van der Waals surface area contributed by atoms with E-state index >= 15 is 0 Å². The van der Waals surface area contributed by atoms with E-state index < -0.39 is 0 Å². The number of fused-ring (bicyclic) bond motifs is 1. The lowest BCUT2D eigenvalue weighted by Gasteiger charge is -2.34. The second-order valence-corrected chi connectivity index (χ2v) is 16.5. The maximum atomic E-state index is 14.2. The van der Waals surface area contributed by atoms with Crippen LogP contribution in [-0.4, -0.2) is 50.9 Å². The molecule has 3 aliphatic carbocycles. The third kappa shape index (κ3) is 6.24. The van der Waals surface area contributed by atoms with Gasteiger partial charge in [-0.2, -0.15) is 0 Å². The van der Waals surface area contributed by atoms with Gasteiger partial charge in [-0.1, -0.05) is 50.2 Å². The van der Waals surface area contributed by atoms with Gasteiger partial charge in [0.15, 0.2) is 5.82 Å². The second kappa shape index (κ2) is 12.9. The number of anilines is 2. The molecule has 3 saturated carbocycles. The Bertz CT molecular complexity index is 1850. The van der Waals surface area contributed by atoms with Crippen molar-refractivity contribution in [2.45, 2.75) is 89.6 Å². The van der Waals surface area contributed by atoms with Crippen LogP contribution in [0.3, 0.4) is 0 Å². The first-order valence-corrected chi connectivity index (χ1v) is 19.3. The number of nitrogens with one attached hydrogen (secondary N) is 2. The highest BCUT2D eigenvalue weighted by atomic mass is 32.2. The zero-order valence-corrected chi connectivity index (χ0v) is 30.6. The summed E-state index contributed by atoms with van der Waals surface area (Å²) in [6.45, 7) is 11.2. The number of hydrogen-bond donors (Lipinski definition) is 2. The summed E-state index contributed by atoms with van der Waals surface area (Å²) >= 11 is 1.23. The minimum absolute atomic E-state index is 0.174. The molecule has 0 bridgehead atoms. The molecule has 10 heteroatoms. The summed E-state index contributed by atoms with van der Waals surface area (Å²) in [5, 5.41) is 8.94. The van der Waals surface area contributed by atoms with E-state index in [1.807, 2.05) is 59.4 Å². The fraction of sp³-hybridized carbons (Fsp3) is 0.500. The third-order valence-corrected chi connectivity index (χ3v) is 12.4. The number of nitrogens with zero attached hydrogens (tertiary/aromatic N) is 5. The van der Waals surface area contributed by atoms with Crippen molar-refractivity contribution in [3.05, 3.63) is 83.6 Å². The Morgan fingerprint density at radius 3 is 2.48 bits per heavy atom. The van der Waals surface area contributed by atoms with Crippen LogP contribution in [0.15, 0.2) is 71.9 Å². The first-order valence-electron chi connectivity index (χ1n) is 18.4. The van der Waals surface area contributed by atoms with Gasteiger partial charge in [-0.15, -0.1) is 5.10 Å². The molecule has 9 nitrogen and oxygen atoms in total. The number of carbonyl (C=O) groups excluding carboxylic acids is 1. The summed E-state index contributed by atoms with van der Waals surface area (Å²) < 4.78 is 11.2. The van der Waals surface area contributed by atoms with Crippen molar-refractivity contribution in [3.8, 4) is 11.7 Å². The Kier molecular flexibility index (Phi) is 8.56. The number of ether oxygens (including phenoxy) is 1. The van der Waals surface area contributed by atoms with Crippen molar-refractivity contribution in [2.24, 2.45) is 22.7 Å². The van der Waals surface area contributed by atoms with E-state index in [-0.39, 0.29) is 11.4 Å². The zero-order chi connectivity index (χ0) is 34.5. The normalized spacial score (nSPS) is 20.6. The molecule has 50 heavy (non-hydrogen) atoms. The van der Waals surface area contributed by atoms with Crippen LogP contribution >= 0.6 is 11.9 Å². The van der Waals surface area contributed by atoms with Crippen LogP contribution in [0.2, 0.25) is 0 Å². The zero-order valence-electron chi connectivity index (χ0n) is 29.7. The fourth-order valence-electron chi connectivity index (χ4n) is 9.13. The van der Waals surface area contributed by atoms with Crippen molar-refractivity contribution >= 4 is 29.5 Å². The molecule has 4 heterocycles. The second-order valence-electron chi connectivity index (χ2n) is 15.7. The van der Waals surface area contributed by atoms with Crippen LogP contribution < -0.4 is 19.7 Å². The molecular formula is C40H49N7O2S. The van der Waals surface area contributed by atoms with Crippen LogP contribution in [0.25, 0.3) is 5.82 Å². The highest BCUT2D eigenvalue weighted by Crippen LogP contribution is 2.93. The summed E-state index contributed by atoms with van der Waals surface area (Å²) in [4.78, 5) is 26.5. The number of benzene rings is 1. The molecule has 1 aromatic carbocycles. The summed E-state index contributed by atoms with van der Waals surface area (Å²) in [6.07, 6.45) is 11.4. The van der Waals surface area contributed by atoms with Gasteiger partial charge in [0.05, 0.1) is 12.2 Å². The van der Waals surface area contributed by atoms with Crippen molar-refractivity contribution in [1.82, 2.24) is 24.5 Å². The minimum Gasteiger partial charge on any atom is -0.477 e. The van der Waals surface area contributed by atoms with Crippen molar-refractivity contribution in [1.29, 1.82) is 0 Å². The van der Waals surface area contributed by atoms with E-state index in [4.69, 9.17) is 14.8 Å². The molecule has 4 fully saturated rings. The van der Waals surface area contributed by atoms with Gasteiger partial charge in [-0.05, 0) is 105 Å². The predicted octanol–water partition coefficient (Wildman–Crippen LogP) is 8.10. The van der Waals surface area contributed by atoms with Crippen molar-refractivity contribution in [2.75, 3.05) is 29.9 Å². The van der Waals surface area contributed by atoms with Gasteiger partial charge in [0.25, 0.3) is 5.91 Å². The van der Waals surface area contributed by atoms with Gasteiger partial charge in [-0.25, -0.2) is 14.6 Å². The smallest absolute Gasteiger partial charge is 0.265 e. The van der Waals surface area contributed by atoms with Gasteiger partial charge in [0, 0.05) is 54.8 Å². The Morgan fingerprint density at radius 2 is 1.78 bits per heavy atom. The molecule has 1 unspecified atom stereocenters. The van der Waals surface area contributed by atoms with E-state index in [2.05, 4.69) is 59.8 Å². The highest BCUT2D eigenvalue weighted by Gasteiger charge is 2.85. The Hall–Kier alpha value is -4.05. The summed E-state index contributed by atoms with van der Waals surface area (Å²) in [5.74, 6) is 3.91. The molecular weight excluding hydrogens is 643 g/mol. The van der Waals surface area contributed by atoms with E-state index in [0.29, 0.717) is 52.9 Å². The minimum atomic E-state index is -0.200. The molecule has 2 spiro atoms. The van der Waals surface area contributed by atoms with Gasteiger partial charge in [-0.3, -0.25) is 9.52 Å². The average molecular weight is 692 g/mol. The van der Waals surface area contributed by atoms with Crippen molar-refractivity contribution in [3.63, 3.8) is 0 Å². The van der Waals surface area contributed by atoms with E-state index in [1.54, 1.807) is 0 Å². The standard InChI is InChI=1S/C40H49N7O2S/c1-5-20-41-32-12-9-13-34(42-32)50-45-37(48)30-24-29(23-28-10-7-6-8-11-28)35(43-36(30)46-26-27(2)25-38(46,3)4)47-21-14-33(44-47)49-22-15-31-39(16-17-39)40(31)18-19-40/h6-14,21,24,27,31H,5,15-20,22-23,25-26H2,1-4H3,(H,41,42)(H,45,48). The first kappa shape index (κ1) is 33.1. The van der Waals surface area contributed by atoms with Gasteiger partial charge >= 0.3 is 0 Å². The van der Waals surface area contributed by atoms with Crippen LogP contribution in [0.4, 0.5) is 11.6 Å². The molecule has 4 aliphatic rings. The van der Waals surface area contributed by atoms with E-state index in [9.17, 15) is 4.79 Å². The van der Waals surface area contributed by atoms with Gasteiger partial charge in [0.1, 0.15) is 16.7 Å². The molecule has 0 radical (unpaired) electrons. The quantitative estimate of drug-likeness (QED) is 0.128. The number of hydrogen-bond acceptors (Lipinski definition) is 8. The molecule has 4 aromatic rings. The van der Waals surface area contributed by atoms with Crippen LogP contribution in [0.5, 0.6) is 5.88 Å². The summed E-state index contributed by atoms with van der Waals surface area (Å²) in [7, 11) is 0. The fourth-order valence-corrected chi connectivity index (χ4v) is 9.73. The Labute approximate surface area is 300 Å². The summed E-state index contributed by atoms with van der Waals surface area (Å²) in [5.41, 5.74) is 3.79. The van der Waals surface area contributed by atoms with Crippen molar-refractivity contribution < 1.29 is 9.53 Å². The monoisotopic (exact) mass is 691 g/mol. The average Bonchev–Trinajstić information content (AvgIpc) is 4.07. The molecule has 1 atom stereocenters. The number of carbonyl (C=O) groups is 1. The van der Waals surface area contributed by atoms with Crippen LogP contribution in [-0.2, 0) is 6.42 Å². The van der Waals surface area contributed by atoms with Crippen LogP contribution in [0.1, 0.15) is 94.1 Å².